The number of imidazole rings is 1. The molecular weight excluding hydrogens is 460 g/mol. The summed E-state index contributed by atoms with van der Waals surface area (Å²) < 4.78 is 9.21. The lowest BCUT2D eigenvalue weighted by Crippen LogP contribution is -2.40. The molecule has 1 saturated carbocycles. The second-order valence-electron chi connectivity index (χ2n) is 8.94. The zero-order valence-electron chi connectivity index (χ0n) is 19.8. The van der Waals surface area contributed by atoms with Crippen LogP contribution in [0.5, 0.6) is 5.88 Å². The van der Waals surface area contributed by atoms with Gasteiger partial charge in [-0.25, -0.2) is 9.97 Å². The van der Waals surface area contributed by atoms with Gasteiger partial charge in [0.1, 0.15) is 23.0 Å². The Balaban J connectivity index is 1.22. The van der Waals surface area contributed by atoms with Gasteiger partial charge in [-0.1, -0.05) is 0 Å². The SMILES string of the molecule is Cn1cc(-c2ccn3c(C(=O)N[C@H]4CC[C@H](Oc5ncccc5C(N)=O)CC4)cnc3c2)ccc1=O. The third-order valence-corrected chi connectivity index (χ3v) is 6.49. The number of aromatic nitrogens is 4. The average molecular weight is 487 g/mol. The van der Waals surface area contributed by atoms with Gasteiger partial charge in [0.15, 0.2) is 0 Å². The molecule has 4 heterocycles. The van der Waals surface area contributed by atoms with Crippen LogP contribution >= 0.6 is 0 Å². The summed E-state index contributed by atoms with van der Waals surface area (Å²) in [7, 11) is 1.71. The fourth-order valence-corrected chi connectivity index (χ4v) is 4.51. The van der Waals surface area contributed by atoms with Gasteiger partial charge in [0.25, 0.3) is 11.8 Å². The molecule has 0 saturated heterocycles. The maximum absolute atomic E-state index is 13.0. The smallest absolute Gasteiger partial charge is 0.270 e. The fourth-order valence-electron chi connectivity index (χ4n) is 4.51. The molecule has 184 valence electrons. The van der Waals surface area contributed by atoms with Crippen LogP contribution in [-0.4, -0.2) is 42.9 Å². The Hall–Kier alpha value is -4.47. The Morgan fingerprint density at radius 2 is 1.89 bits per heavy atom. The monoisotopic (exact) mass is 486 g/mol. The average Bonchev–Trinajstić information content (AvgIpc) is 3.30. The highest BCUT2D eigenvalue weighted by molar-refractivity contribution is 5.95. The van der Waals surface area contributed by atoms with Crippen LogP contribution in [-0.2, 0) is 7.05 Å². The van der Waals surface area contributed by atoms with Crippen molar-refractivity contribution in [3.63, 3.8) is 0 Å². The highest BCUT2D eigenvalue weighted by Gasteiger charge is 2.26. The highest BCUT2D eigenvalue weighted by Crippen LogP contribution is 2.25. The number of aryl methyl sites for hydroxylation is 1. The molecule has 2 amide bonds. The van der Waals surface area contributed by atoms with Gasteiger partial charge in [0.2, 0.25) is 11.4 Å². The molecule has 0 radical (unpaired) electrons. The zero-order valence-corrected chi connectivity index (χ0v) is 19.8. The van der Waals surface area contributed by atoms with Crippen molar-refractivity contribution >= 4 is 17.5 Å². The van der Waals surface area contributed by atoms with Gasteiger partial charge in [-0.15, -0.1) is 0 Å². The number of nitrogens with one attached hydrogen (secondary N) is 1. The summed E-state index contributed by atoms with van der Waals surface area (Å²) in [5.41, 5.74) is 8.48. The van der Waals surface area contributed by atoms with Crippen molar-refractivity contribution in [1.82, 2.24) is 24.3 Å². The first-order valence-corrected chi connectivity index (χ1v) is 11.8. The highest BCUT2D eigenvalue weighted by atomic mass is 16.5. The third-order valence-electron chi connectivity index (χ3n) is 6.49. The summed E-state index contributed by atoms with van der Waals surface area (Å²) in [5, 5.41) is 3.10. The molecule has 36 heavy (non-hydrogen) atoms. The zero-order chi connectivity index (χ0) is 25.2. The number of rotatable bonds is 6. The molecule has 0 aliphatic heterocycles. The Kier molecular flexibility index (Phi) is 6.24. The number of carbonyl (C=O) groups is 2. The molecule has 5 rings (SSSR count). The Morgan fingerprint density at radius 3 is 2.64 bits per heavy atom. The first-order chi connectivity index (χ1) is 17.4. The summed E-state index contributed by atoms with van der Waals surface area (Å²) in [4.78, 5) is 44.8. The van der Waals surface area contributed by atoms with Gasteiger partial charge < -0.3 is 20.4 Å². The normalized spacial score (nSPS) is 17.6. The number of fused-ring (bicyclic) bond motifs is 1. The van der Waals surface area contributed by atoms with E-state index in [1.807, 2.05) is 18.3 Å². The Morgan fingerprint density at radius 1 is 1.08 bits per heavy atom. The molecule has 10 nitrogen and oxygen atoms in total. The summed E-state index contributed by atoms with van der Waals surface area (Å²) in [6, 6.07) is 10.3. The van der Waals surface area contributed by atoms with E-state index in [1.54, 1.807) is 48.2 Å². The van der Waals surface area contributed by atoms with Crippen molar-refractivity contribution in [2.24, 2.45) is 12.8 Å². The number of nitrogens with zero attached hydrogens (tertiary/aromatic N) is 4. The predicted molar refractivity (Wildman–Crippen MR) is 133 cm³/mol. The van der Waals surface area contributed by atoms with Crippen molar-refractivity contribution in [3.8, 4) is 17.0 Å². The number of amides is 2. The number of ether oxygens (including phenoxy) is 1. The fraction of sp³-hybridized carbons (Fsp3) is 0.269. The molecule has 0 bridgehead atoms. The first-order valence-electron chi connectivity index (χ1n) is 11.8. The second kappa shape index (κ2) is 9.65. The topological polar surface area (TPSA) is 134 Å². The van der Waals surface area contributed by atoms with Crippen LogP contribution in [0.25, 0.3) is 16.8 Å². The lowest BCUT2D eigenvalue weighted by molar-refractivity contribution is 0.0876. The van der Waals surface area contributed by atoms with Crippen LogP contribution in [0.4, 0.5) is 0 Å². The van der Waals surface area contributed by atoms with E-state index in [0.717, 1.165) is 36.8 Å². The standard InChI is InChI=1S/C26H26N6O4/c1-31-15-17(4-9-23(31)33)16-10-12-32-21(14-29-22(32)13-16)25(35)30-18-5-7-19(8-6-18)36-26-20(24(27)34)3-2-11-28-26/h2-4,9-15,18-19H,5-8H2,1H3,(H2,27,34)(H,30,35)/t18-,19-. The Labute approximate surface area is 206 Å². The van der Waals surface area contributed by atoms with Crippen LogP contribution in [0, 0.1) is 0 Å². The van der Waals surface area contributed by atoms with Gasteiger partial charge in [-0.2, -0.15) is 0 Å². The molecule has 0 atom stereocenters. The van der Waals surface area contributed by atoms with E-state index in [2.05, 4.69) is 15.3 Å². The van der Waals surface area contributed by atoms with Gasteiger partial charge in [-0.05, 0) is 67.1 Å². The van der Waals surface area contributed by atoms with Crippen LogP contribution < -0.4 is 21.3 Å². The molecule has 0 aromatic carbocycles. The molecule has 0 spiro atoms. The van der Waals surface area contributed by atoms with E-state index < -0.39 is 5.91 Å². The van der Waals surface area contributed by atoms with Crippen molar-refractivity contribution in [2.75, 3.05) is 0 Å². The molecular formula is C26H26N6O4. The maximum Gasteiger partial charge on any atom is 0.270 e. The summed E-state index contributed by atoms with van der Waals surface area (Å²) >= 11 is 0. The first kappa shape index (κ1) is 23.3. The second-order valence-corrected chi connectivity index (χ2v) is 8.94. The minimum atomic E-state index is -0.575. The molecule has 4 aromatic heterocycles. The number of hydrogen-bond acceptors (Lipinski definition) is 6. The van der Waals surface area contributed by atoms with Gasteiger partial charge in [-0.3, -0.25) is 18.8 Å². The quantitative estimate of drug-likeness (QED) is 0.430. The Bertz CT molecular complexity index is 1500. The predicted octanol–water partition coefficient (Wildman–Crippen LogP) is 2.31. The molecule has 1 fully saturated rings. The van der Waals surface area contributed by atoms with Crippen molar-refractivity contribution in [1.29, 1.82) is 0 Å². The van der Waals surface area contributed by atoms with E-state index in [-0.39, 0.29) is 35.1 Å². The molecule has 1 aliphatic rings. The van der Waals surface area contributed by atoms with Crippen LogP contribution in [0.1, 0.15) is 46.5 Å². The van der Waals surface area contributed by atoms with Crippen molar-refractivity contribution in [3.05, 3.63) is 82.8 Å². The van der Waals surface area contributed by atoms with Crippen molar-refractivity contribution < 1.29 is 14.3 Å². The summed E-state index contributed by atoms with van der Waals surface area (Å²) in [6.07, 6.45) is 9.53. The molecule has 10 heteroatoms. The largest absolute Gasteiger partial charge is 0.474 e. The van der Waals surface area contributed by atoms with Crippen molar-refractivity contribution in [2.45, 2.75) is 37.8 Å². The van der Waals surface area contributed by atoms with Gasteiger partial charge >= 0.3 is 0 Å². The van der Waals surface area contributed by atoms with E-state index in [1.165, 1.54) is 10.6 Å². The van der Waals surface area contributed by atoms with Gasteiger partial charge in [0, 0.05) is 37.7 Å². The van der Waals surface area contributed by atoms with E-state index in [9.17, 15) is 14.4 Å². The number of hydrogen-bond donors (Lipinski definition) is 2. The van der Waals surface area contributed by atoms with E-state index in [4.69, 9.17) is 10.5 Å². The molecule has 3 N–H and O–H groups in total. The minimum absolute atomic E-state index is 0.00659. The molecule has 0 unspecified atom stereocenters. The number of nitrogens with two attached hydrogens (primary N) is 1. The third kappa shape index (κ3) is 4.70. The lowest BCUT2D eigenvalue weighted by Gasteiger charge is -2.29. The summed E-state index contributed by atoms with van der Waals surface area (Å²) in [6.45, 7) is 0. The van der Waals surface area contributed by atoms with E-state index >= 15 is 0 Å². The molecule has 4 aromatic rings. The number of primary amides is 1. The van der Waals surface area contributed by atoms with Crippen LogP contribution in [0.3, 0.4) is 0 Å². The number of carbonyl (C=O) groups excluding carboxylic acids is 2. The molecule has 1 aliphatic carbocycles. The maximum atomic E-state index is 13.0. The minimum Gasteiger partial charge on any atom is -0.474 e. The van der Waals surface area contributed by atoms with Gasteiger partial charge in [0.05, 0.1) is 6.20 Å². The van der Waals surface area contributed by atoms with Crippen LogP contribution in [0.15, 0.2) is 66.0 Å². The lowest BCUT2D eigenvalue weighted by atomic mass is 9.93. The van der Waals surface area contributed by atoms with Crippen LogP contribution in [0.2, 0.25) is 0 Å². The number of pyridine rings is 3. The van der Waals surface area contributed by atoms with E-state index in [0.29, 0.717) is 11.3 Å². The summed E-state index contributed by atoms with van der Waals surface area (Å²) in [5.74, 6) is -0.517.